The fraction of sp³-hybridized carbons (Fsp3) is 0.500. The van der Waals surface area contributed by atoms with E-state index in [1.807, 2.05) is 23.3 Å². The molecule has 21 heavy (non-hydrogen) atoms. The van der Waals surface area contributed by atoms with Crippen LogP contribution in [0.1, 0.15) is 49.5 Å². The predicted octanol–water partition coefficient (Wildman–Crippen LogP) is 5.53. The van der Waals surface area contributed by atoms with E-state index in [-0.39, 0.29) is 5.41 Å². The fourth-order valence-electron chi connectivity index (χ4n) is 2.76. The standard InChI is InChI=1S/C16H19NOS3/c1-4-6-20-15-12-10(8-16(2,3)9-11(12)18)13(21-15)14-17-5-7-19-14/h5,7H,4,6,8-9H2,1-3H3. The Hall–Kier alpha value is -0.650. The van der Waals surface area contributed by atoms with Gasteiger partial charge in [0.25, 0.3) is 0 Å². The van der Waals surface area contributed by atoms with Gasteiger partial charge in [-0.05, 0) is 29.6 Å². The molecule has 1 aliphatic rings. The van der Waals surface area contributed by atoms with E-state index >= 15 is 0 Å². The zero-order valence-corrected chi connectivity index (χ0v) is 15.0. The summed E-state index contributed by atoms with van der Waals surface area (Å²) in [6.45, 7) is 6.56. The van der Waals surface area contributed by atoms with Gasteiger partial charge in [-0.1, -0.05) is 20.8 Å². The maximum atomic E-state index is 12.6. The van der Waals surface area contributed by atoms with Gasteiger partial charge < -0.3 is 0 Å². The van der Waals surface area contributed by atoms with E-state index < -0.39 is 0 Å². The molecule has 2 nitrogen and oxygen atoms in total. The van der Waals surface area contributed by atoms with E-state index in [9.17, 15) is 4.79 Å². The molecule has 112 valence electrons. The first-order chi connectivity index (χ1) is 10.0. The van der Waals surface area contributed by atoms with Crippen LogP contribution in [0.25, 0.3) is 9.88 Å². The molecule has 2 aromatic rings. The Morgan fingerprint density at radius 2 is 2.19 bits per heavy atom. The summed E-state index contributed by atoms with van der Waals surface area (Å²) < 4.78 is 1.21. The van der Waals surface area contributed by atoms with Gasteiger partial charge in [0, 0.05) is 23.6 Å². The van der Waals surface area contributed by atoms with Crippen molar-refractivity contribution in [3.63, 3.8) is 0 Å². The number of Topliss-reactive ketones (excluding diaryl/α,β-unsaturated/α-hetero) is 1. The van der Waals surface area contributed by atoms with Crippen molar-refractivity contribution >= 4 is 40.2 Å². The van der Waals surface area contributed by atoms with Crippen LogP contribution < -0.4 is 0 Å². The number of rotatable bonds is 4. The molecule has 0 amide bonds. The van der Waals surface area contributed by atoms with Crippen molar-refractivity contribution in [1.29, 1.82) is 0 Å². The minimum absolute atomic E-state index is 0.0594. The Bertz CT molecular complexity index is 655. The van der Waals surface area contributed by atoms with Crippen molar-refractivity contribution in [1.82, 2.24) is 4.98 Å². The van der Waals surface area contributed by atoms with Crippen LogP contribution >= 0.6 is 34.4 Å². The minimum atomic E-state index is 0.0594. The molecule has 2 heterocycles. The number of hydrogen-bond donors (Lipinski definition) is 0. The largest absolute Gasteiger partial charge is 0.294 e. The highest BCUT2D eigenvalue weighted by Gasteiger charge is 2.36. The Labute approximate surface area is 138 Å². The molecule has 0 atom stereocenters. The third kappa shape index (κ3) is 2.96. The van der Waals surface area contributed by atoms with Gasteiger partial charge >= 0.3 is 0 Å². The summed E-state index contributed by atoms with van der Waals surface area (Å²) in [6.07, 6.45) is 4.62. The van der Waals surface area contributed by atoms with E-state index in [1.165, 1.54) is 14.6 Å². The summed E-state index contributed by atoms with van der Waals surface area (Å²) in [5.74, 6) is 1.39. The van der Waals surface area contributed by atoms with Gasteiger partial charge in [0.2, 0.25) is 0 Å². The molecule has 0 saturated heterocycles. The molecular weight excluding hydrogens is 318 g/mol. The quantitative estimate of drug-likeness (QED) is 0.687. The summed E-state index contributed by atoms with van der Waals surface area (Å²) in [6, 6.07) is 0. The minimum Gasteiger partial charge on any atom is -0.294 e. The molecule has 3 rings (SSSR count). The fourth-order valence-corrected chi connectivity index (χ4v) is 6.10. The lowest BCUT2D eigenvalue weighted by molar-refractivity contribution is 0.0910. The molecule has 2 aromatic heterocycles. The maximum Gasteiger partial charge on any atom is 0.165 e. The summed E-state index contributed by atoms with van der Waals surface area (Å²) in [5.41, 5.74) is 2.31. The van der Waals surface area contributed by atoms with Crippen LogP contribution in [0.15, 0.2) is 15.8 Å². The second kappa shape index (κ2) is 5.86. The van der Waals surface area contributed by atoms with Crippen LogP contribution in [0.5, 0.6) is 0 Å². The summed E-state index contributed by atoms with van der Waals surface area (Å²) >= 11 is 5.27. The Morgan fingerprint density at radius 3 is 2.86 bits per heavy atom. The number of ketones is 1. The molecule has 0 spiro atoms. The highest BCUT2D eigenvalue weighted by Crippen LogP contribution is 2.48. The summed E-state index contributed by atoms with van der Waals surface area (Å²) in [5, 5.41) is 3.07. The van der Waals surface area contributed by atoms with Crippen LogP contribution in [0, 0.1) is 5.41 Å². The van der Waals surface area contributed by atoms with Crippen molar-refractivity contribution in [3.8, 4) is 9.88 Å². The first-order valence-corrected chi connectivity index (χ1v) is 9.91. The number of hydrogen-bond acceptors (Lipinski definition) is 5. The van der Waals surface area contributed by atoms with E-state index in [0.29, 0.717) is 12.2 Å². The van der Waals surface area contributed by atoms with E-state index in [2.05, 4.69) is 25.8 Å². The van der Waals surface area contributed by atoms with Crippen LogP contribution in [-0.2, 0) is 6.42 Å². The summed E-state index contributed by atoms with van der Waals surface area (Å²) in [7, 11) is 0. The van der Waals surface area contributed by atoms with Crippen molar-refractivity contribution < 1.29 is 4.79 Å². The van der Waals surface area contributed by atoms with E-state index in [0.717, 1.165) is 29.2 Å². The SMILES string of the molecule is CCCSc1sc(-c2nccs2)c2c1C(=O)CC(C)(C)C2. The van der Waals surface area contributed by atoms with Crippen LogP contribution in [0.2, 0.25) is 0 Å². The lowest BCUT2D eigenvalue weighted by atomic mass is 9.74. The van der Waals surface area contributed by atoms with Crippen molar-refractivity contribution in [2.45, 2.75) is 44.2 Å². The number of thiophene rings is 1. The maximum absolute atomic E-state index is 12.6. The summed E-state index contributed by atoms with van der Waals surface area (Å²) in [4.78, 5) is 18.3. The molecule has 0 bridgehead atoms. The molecule has 1 aliphatic carbocycles. The number of carbonyl (C=O) groups excluding carboxylic acids is 1. The first kappa shape index (κ1) is 15.3. The van der Waals surface area contributed by atoms with Gasteiger partial charge in [0.15, 0.2) is 5.78 Å². The van der Waals surface area contributed by atoms with Gasteiger partial charge in [-0.15, -0.1) is 34.4 Å². The zero-order valence-electron chi connectivity index (χ0n) is 12.6. The highest BCUT2D eigenvalue weighted by molar-refractivity contribution is 8.01. The Balaban J connectivity index is 2.12. The van der Waals surface area contributed by atoms with Gasteiger partial charge in [-0.25, -0.2) is 4.98 Å². The lowest BCUT2D eigenvalue weighted by Gasteiger charge is -2.29. The lowest BCUT2D eigenvalue weighted by Crippen LogP contribution is -2.26. The topological polar surface area (TPSA) is 30.0 Å². The van der Waals surface area contributed by atoms with Gasteiger partial charge in [0.05, 0.1) is 9.09 Å². The van der Waals surface area contributed by atoms with Crippen LogP contribution in [-0.4, -0.2) is 16.5 Å². The first-order valence-electron chi connectivity index (χ1n) is 7.23. The molecule has 0 aromatic carbocycles. The molecule has 0 aliphatic heterocycles. The molecule has 0 unspecified atom stereocenters. The number of aromatic nitrogens is 1. The number of carbonyl (C=O) groups is 1. The molecular formula is C16H19NOS3. The van der Waals surface area contributed by atoms with Crippen molar-refractivity contribution in [2.75, 3.05) is 5.75 Å². The van der Waals surface area contributed by atoms with Crippen LogP contribution in [0.4, 0.5) is 0 Å². The van der Waals surface area contributed by atoms with Gasteiger partial charge in [-0.3, -0.25) is 4.79 Å². The van der Waals surface area contributed by atoms with E-state index in [1.54, 1.807) is 22.7 Å². The molecule has 0 radical (unpaired) electrons. The number of thiazole rings is 1. The second-order valence-corrected chi connectivity index (χ2v) is 9.48. The normalized spacial score (nSPS) is 17.0. The van der Waals surface area contributed by atoms with Gasteiger partial charge in [-0.2, -0.15) is 0 Å². The predicted molar refractivity (Wildman–Crippen MR) is 92.9 cm³/mol. The third-order valence-corrected chi connectivity index (χ3v) is 7.25. The van der Waals surface area contributed by atoms with Crippen molar-refractivity contribution in [2.24, 2.45) is 5.41 Å². The molecule has 0 fully saturated rings. The van der Waals surface area contributed by atoms with E-state index in [4.69, 9.17) is 0 Å². The zero-order chi connectivity index (χ0) is 15.0. The molecule has 5 heteroatoms. The smallest absolute Gasteiger partial charge is 0.165 e. The Kier molecular flexibility index (Phi) is 4.26. The molecule has 0 N–H and O–H groups in total. The van der Waals surface area contributed by atoms with Crippen molar-refractivity contribution in [3.05, 3.63) is 22.7 Å². The third-order valence-electron chi connectivity index (χ3n) is 3.61. The highest BCUT2D eigenvalue weighted by atomic mass is 32.2. The number of thioether (sulfide) groups is 1. The van der Waals surface area contributed by atoms with Gasteiger partial charge in [0.1, 0.15) is 5.01 Å². The monoisotopic (exact) mass is 337 g/mol. The Morgan fingerprint density at radius 1 is 1.38 bits per heavy atom. The average molecular weight is 338 g/mol. The second-order valence-electron chi connectivity index (χ2n) is 6.20. The number of nitrogens with zero attached hydrogens (tertiary/aromatic N) is 1. The van der Waals surface area contributed by atoms with Crippen LogP contribution in [0.3, 0.4) is 0 Å². The number of fused-ring (bicyclic) bond motifs is 1. The molecule has 0 saturated carbocycles. The average Bonchev–Trinajstić information content (AvgIpc) is 3.01.